The summed E-state index contributed by atoms with van der Waals surface area (Å²) in [4.78, 5) is 25.7. The first-order chi connectivity index (χ1) is 9.63. The maximum Gasteiger partial charge on any atom is 0.328 e. The SMILES string of the molecule is O=C(O)/C=C/c1cc(C(=O)N2CC3CCCC3C2)cs1. The van der Waals surface area contributed by atoms with Crippen LogP contribution in [0.25, 0.3) is 6.08 Å². The van der Waals surface area contributed by atoms with Crippen LogP contribution in [0.5, 0.6) is 0 Å². The quantitative estimate of drug-likeness (QED) is 0.871. The molecule has 2 atom stereocenters. The Morgan fingerprint density at radius 1 is 1.30 bits per heavy atom. The maximum absolute atomic E-state index is 12.4. The number of thiophene rings is 1. The zero-order chi connectivity index (χ0) is 14.1. The fourth-order valence-electron chi connectivity index (χ4n) is 3.29. The zero-order valence-electron chi connectivity index (χ0n) is 11.1. The van der Waals surface area contributed by atoms with Crippen molar-refractivity contribution in [2.75, 3.05) is 13.1 Å². The van der Waals surface area contributed by atoms with E-state index in [0.29, 0.717) is 17.4 Å². The first-order valence-electron chi connectivity index (χ1n) is 6.92. The zero-order valence-corrected chi connectivity index (χ0v) is 11.9. The van der Waals surface area contributed by atoms with Crippen molar-refractivity contribution in [3.63, 3.8) is 0 Å². The van der Waals surface area contributed by atoms with Gasteiger partial charge in [-0.2, -0.15) is 0 Å². The summed E-state index contributed by atoms with van der Waals surface area (Å²) in [6.45, 7) is 1.78. The van der Waals surface area contributed by atoms with Crippen LogP contribution < -0.4 is 0 Å². The Bertz CT molecular complexity index is 551. The third kappa shape index (κ3) is 2.63. The molecule has 106 valence electrons. The lowest BCUT2D eigenvalue weighted by molar-refractivity contribution is -0.131. The molecule has 1 saturated carbocycles. The number of carboxylic acid groups (broad SMARTS) is 1. The van der Waals surface area contributed by atoms with Gasteiger partial charge in [0, 0.05) is 29.4 Å². The van der Waals surface area contributed by atoms with Gasteiger partial charge >= 0.3 is 5.97 Å². The molecule has 1 aliphatic carbocycles. The van der Waals surface area contributed by atoms with Gasteiger partial charge in [0.25, 0.3) is 5.91 Å². The molecule has 20 heavy (non-hydrogen) atoms. The summed E-state index contributed by atoms with van der Waals surface area (Å²) in [5, 5.41) is 10.4. The van der Waals surface area contributed by atoms with Gasteiger partial charge in [0.2, 0.25) is 0 Å². The van der Waals surface area contributed by atoms with Crippen LogP contribution in [0.2, 0.25) is 0 Å². The number of carboxylic acids is 1. The van der Waals surface area contributed by atoms with Crippen LogP contribution in [-0.4, -0.2) is 35.0 Å². The maximum atomic E-state index is 12.4. The molecule has 1 amide bonds. The molecule has 0 bridgehead atoms. The molecule has 3 rings (SSSR count). The van der Waals surface area contributed by atoms with Gasteiger partial charge in [-0.25, -0.2) is 4.79 Å². The summed E-state index contributed by atoms with van der Waals surface area (Å²) >= 11 is 1.40. The number of likely N-dealkylation sites (tertiary alicyclic amines) is 1. The largest absolute Gasteiger partial charge is 0.478 e. The van der Waals surface area contributed by atoms with Crippen molar-refractivity contribution in [3.05, 3.63) is 28.0 Å². The van der Waals surface area contributed by atoms with E-state index in [1.807, 2.05) is 10.3 Å². The summed E-state index contributed by atoms with van der Waals surface area (Å²) in [6, 6.07) is 1.78. The van der Waals surface area contributed by atoms with Gasteiger partial charge in [-0.1, -0.05) is 6.42 Å². The van der Waals surface area contributed by atoms with Gasteiger partial charge in [0.15, 0.2) is 0 Å². The highest BCUT2D eigenvalue weighted by atomic mass is 32.1. The molecule has 0 radical (unpaired) electrons. The second-order valence-electron chi connectivity index (χ2n) is 5.57. The Balaban J connectivity index is 1.67. The first kappa shape index (κ1) is 13.4. The van der Waals surface area contributed by atoms with Gasteiger partial charge < -0.3 is 10.0 Å². The number of carbonyl (C=O) groups is 2. The number of fused-ring (bicyclic) bond motifs is 1. The number of nitrogens with zero attached hydrogens (tertiary/aromatic N) is 1. The fraction of sp³-hybridized carbons (Fsp3) is 0.467. The summed E-state index contributed by atoms with van der Waals surface area (Å²) in [7, 11) is 0. The van der Waals surface area contributed by atoms with Crippen LogP contribution in [0, 0.1) is 11.8 Å². The Morgan fingerprint density at radius 3 is 2.65 bits per heavy atom. The van der Waals surface area contributed by atoms with Crippen LogP contribution in [0.1, 0.15) is 34.5 Å². The van der Waals surface area contributed by atoms with Crippen LogP contribution in [0.3, 0.4) is 0 Å². The Kier molecular flexibility index (Phi) is 3.61. The molecule has 0 aromatic carbocycles. The fourth-order valence-corrected chi connectivity index (χ4v) is 4.06. The predicted octanol–water partition coefficient (Wildman–Crippen LogP) is 2.72. The smallest absolute Gasteiger partial charge is 0.328 e. The molecule has 4 nitrogen and oxygen atoms in total. The molecule has 1 N–H and O–H groups in total. The topological polar surface area (TPSA) is 57.6 Å². The number of hydrogen-bond acceptors (Lipinski definition) is 3. The van der Waals surface area contributed by atoms with E-state index in [9.17, 15) is 9.59 Å². The number of carbonyl (C=O) groups excluding carboxylic acids is 1. The molecule has 5 heteroatoms. The lowest BCUT2D eigenvalue weighted by atomic mass is 10.0. The van der Waals surface area contributed by atoms with E-state index in [4.69, 9.17) is 5.11 Å². The summed E-state index contributed by atoms with van der Waals surface area (Å²) in [5.74, 6) is 0.511. The molecule has 0 spiro atoms. The first-order valence-corrected chi connectivity index (χ1v) is 7.80. The second kappa shape index (κ2) is 5.40. The molecular formula is C15H17NO3S. The third-order valence-corrected chi connectivity index (χ3v) is 5.17. The van der Waals surface area contributed by atoms with Crippen LogP contribution in [-0.2, 0) is 4.79 Å². The number of rotatable bonds is 3. The van der Waals surface area contributed by atoms with E-state index in [1.165, 1.54) is 36.7 Å². The molecule has 2 heterocycles. The Hall–Kier alpha value is -1.62. The molecule has 2 aliphatic rings. The van der Waals surface area contributed by atoms with E-state index in [2.05, 4.69) is 0 Å². The van der Waals surface area contributed by atoms with Crippen molar-refractivity contribution in [2.45, 2.75) is 19.3 Å². The second-order valence-corrected chi connectivity index (χ2v) is 6.51. The Morgan fingerprint density at radius 2 is 2.00 bits per heavy atom. The van der Waals surface area contributed by atoms with Crippen molar-refractivity contribution in [2.24, 2.45) is 11.8 Å². The molecule has 1 aromatic rings. The predicted molar refractivity (Wildman–Crippen MR) is 77.7 cm³/mol. The summed E-state index contributed by atoms with van der Waals surface area (Å²) in [6.07, 6.45) is 6.44. The number of hydrogen-bond donors (Lipinski definition) is 1. The minimum Gasteiger partial charge on any atom is -0.478 e. The van der Waals surface area contributed by atoms with Crippen molar-refractivity contribution in [1.29, 1.82) is 0 Å². The van der Waals surface area contributed by atoms with Gasteiger partial charge in [0.1, 0.15) is 0 Å². The highest BCUT2D eigenvalue weighted by molar-refractivity contribution is 7.11. The Labute approximate surface area is 121 Å². The van der Waals surface area contributed by atoms with Crippen molar-refractivity contribution < 1.29 is 14.7 Å². The van der Waals surface area contributed by atoms with Crippen LogP contribution in [0.15, 0.2) is 17.5 Å². The molecule has 1 aromatic heterocycles. The third-order valence-electron chi connectivity index (χ3n) is 4.27. The van der Waals surface area contributed by atoms with Crippen molar-refractivity contribution in [3.8, 4) is 0 Å². The van der Waals surface area contributed by atoms with Crippen molar-refractivity contribution >= 4 is 29.3 Å². The lowest BCUT2D eigenvalue weighted by Gasteiger charge is -2.16. The highest BCUT2D eigenvalue weighted by Crippen LogP contribution is 2.38. The van der Waals surface area contributed by atoms with E-state index in [1.54, 1.807) is 6.07 Å². The van der Waals surface area contributed by atoms with E-state index < -0.39 is 5.97 Å². The van der Waals surface area contributed by atoms with Crippen molar-refractivity contribution in [1.82, 2.24) is 4.90 Å². The molecule has 2 fully saturated rings. The van der Waals surface area contributed by atoms with Gasteiger partial charge in [-0.3, -0.25) is 4.79 Å². The van der Waals surface area contributed by atoms with Gasteiger partial charge in [-0.05, 0) is 36.8 Å². The summed E-state index contributed by atoms with van der Waals surface area (Å²) < 4.78 is 0. The molecule has 1 saturated heterocycles. The van der Waals surface area contributed by atoms with Gasteiger partial charge in [-0.15, -0.1) is 11.3 Å². The molecule has 1 aliphatic heterocycles. The molecule has 2 unspecified atom stereocenters. The summed E-state index contributed by atoms with van der Waals surface area (Å²) in [5.41, 5.74) is 0.681. The molecular weight excluding hydrogens is 274 g/mol. The average molecular weight is 291 g/mol. The number of amides is 1. The minimum absolute atomic E-state index is 0.0885. The van der Waals surface area contributed by atoms with E-state index >= 15 is 0 Å². The van der Waals surface area contributed by atoms with Gasteiger partial charge in [0.05, 0.1) is 5.56 Å². The average Bonchev–Trinajstić information content (AvgIpc) is 3.10. The monoisotopic (exact) mass is 291 g/mol. The highest BCUT2D eigenvalue weighted by Gasteiger charge is 2.38. The standard InChI is InChI=1S/C15H17NO3S/c17-14(18)5-4-13-6-12(9-20-13)15(19)16-7-10-2-1-3-11(10)8-16/h4-6,9-11H,1-3,7-8H2,(H,17,18)/b5-4+. The normalized spacial score (nSPS) is 25.3. The van der Waals surface area contributed by atoms with E-state index in [-0.39, 0.29) is 5.91 Å². The van der Waals surface area contributed by atoms with Crippen LogP contribution >= 0.6 is 11.3 Å². The number of aliphatic carboxylic acids is 1. The van der Waals surface area contributed by atoms with E-state index in [0.717, 1.165) is 24.0 Å². The van der Waals surface area contributed by atoms with Crippen LogP contribution in [0.4, 0.5) is 0 Å². The minimum atomic E-state index is -0.973. The lowest BCUT2D eigenvalue weighted by Crippen LogP contribution is -2.29.